The van der Waals surface area contributed by atoms with E-state index in [1.807, 2.05) is 30.3 Å². The molecule has 0 fully saturated rings. The van der Waals surface area contributed by atoms with Gasteiger partial charge in [0.2, 0.25) is 0 Å². The Morgan fingerprint density at radius 3 is 2.24 bits per heavy atom. The molecule has 3 rings (SSSR count). The molecule has 0 spiro atoms. The normalized spacial score (nSPS) is 10.5. The third kappa shape index (κ3) is 5.01. The summed E-state index contributed by atoms with van der Waals surface area (Å²) in [5.41, 5.74) is 2.94. The van der Waals surface area contributed by atoms with Crippen LogP contribution in [0.15, 0.2) is 54.9 Å². The maximum atomic E-state index is 12.6. The second-order valence-electron chi connectivity index (χ2n) is 6.71. The van der Waals surface area contributed by atoms with Crippen LogP contribution in [-0.2, 0) is 0 Å². The third-order valence-electron chi connectivity index (χ3n) is 4.39. The van der Waals surface area contributed by atoms with Gasteiger partial charge >= 0.3 is 0 Å². The first-order chi connectivity index (χ1) is 14.0. The van der Waals surface area contributed by atoms with Gasteiger partial charge in [-0.2, -0.15) is 0 Å². The number of anilines is 3. The van der Waals surface area contributed by atoms with Gasteiger partial charge in [0.25, 0.3) is 5.91 Å². The minimum absolute atomic E-state index is 0.260. The Bertz CT molecular complexity index is 988. The molecule has 3 aromatic rings. The van der Waals surface area contributed by atoms with Crippen LogP contribution in [0.1, 0.15) is 35.8 Å². The summed E-state index contributed by atoms with van der Waals surface area (Å²) < 4.78 is 10.5. The third-order valence-corrected chi connectivity index (χ3v) is 4.39. The van der Waals surface area contributed by atoms with Gasteiger partial charge in [-0.05, 0) is 35.7 Å². The van der Waals surface area contributed by atoms with E-state index in [-0.39, 0.29) is 11.6 Å². The molecule has 0 saturated carbocycles. The largest absolute Gasteiger partial charge is 0.493 e. The molecule has 0 aliphatic rings. The first kappa shape index (κ1) is 20.1. The van der Waals surface area contributed by atoms with Crippen molar-refractivity contribution >= 4 is 23.1 Å². The summed E-state index contributed by atoms with van der Waals surface area (Å²) in [5.74, 6) is 1.85. The predicted molar refractivity (Wildman–Crippen MR) is 113 cm³/mol. The lowest BCUT2D eigenvalue weighted by atomic mass is 10.0. The molecule has 0 aliphatic carbocycles. The van der Waals surface area contributed by atoms with Crippen LogP contribution in [-0.4, -0.2) is 30.1 Å². The van der Waals surface area contributed by atoms with Crippen LogP contribution in [0.25, 0.3) is 0 Å². The van der Waals surface area contributed by atoms with Crippen LogP contribution in [0.3, 0.4) is 0 Å². The lowest BCUT2D eigenvalue weighted by Crippen LogP contribution is -2.14. The Hall–Kier alpha value is -3.61. The highest BCUT2D eigenvalue weighted by atomic mass is 16.5. The molecule has 7 nitrogen and oxygen atoms in total. The number of amides is 1. The molecule has 1 aromatic heterocycles. The van der Waals surface area contributed by atoms with Gasteiger partial charge in [-0.3, -0.25) is 4.79 Å². The molecular weight excluding hydrogens is 368 g/mol. The number of carbonyl (C=O) groups excluding carboxylic acids is 1. The standard InChI is InChI=1S/C22H24N4O3/c1-14(2)15-5-7-16(8-6-15)26-22(27)18-12-21(24-13-23-18)25-17-9-10-19(28-3)20(11-17)29-4/h5-14H,1-4H3,(H,26,27)(H,23,24,25). The van der Waals surface area contributed by atoms with Crippen LogP contribution in [0, 0.1) is 0 Å². The van der Waals surface area contributed by atoms with Crippen LogP contribution in [0.5, 0.6) is 11.5 Å². The van der Waals surface area contributed by atoms with E-state index in [1.165, 1.54) is 11.9 Å². The summed E-state index contributed by atoms with van der Waals surface area (Å²) in [7, 11) is 3.15. The average molecular weight is 392 g/mol. The number of hydrogen-bond donors (Lipinski definition) is 2. The Labute approximate surface area is 170 Å². The van der Waals surface area contributed by atoms with Crippen molar-refractivity contribution in [2.75, 3.05) is 24.9 Å². The Kier molecular flexibility index (Phi) is 6.29. The molecule has 150 valence electrons. The topological polar surface area (TPSA) is 85.4 Å². The summed E-state index contributed by atoms with van der Waals surface area (Å²) >= 11 is 0. The van der Waals surface area contributed by atoms with Gasteiger partial charge in [0.1, 0.15) is 17.8 Å². The maximum Gasteiger partial charge on any atom is 0.274 e. The molecule has 0 aliphatic heterocycles. The molecule has 2 aromatic carbocycles. The quantitative estimate of drug-likeness (QED) is 0.611. The molecule has 1 heterocycles. The summed E-state index contributed by atoms with van der Waals surface area (Å²) in [6, 6.07) is 14.8. The number of nitrogens with one attached hydrogen (secondary N) is 2. The second kappa shape index (κ2) is 9.05. The smallest absolute Gasteiger partial charge is 0.274 e. The highest BCUT2D eigenvalue weighted by Gasteiger charge is 2.11. The highest BCUT2D eigenvalue weighted by molar-refractivity contribution is 6.03. The number of hydrogen-bond acceptors (Lipinski definition) is 6. The monoisotopic (exact) mass is 392 g/mol. The number of ether oxygens (including phenoxy) is 2. The van der Waals surface area contributed by atoms with Crippen molar-refractivity contribution in [1.29, 1.82) is 0 Å². The minimum atomic E-state index is -0.306. The van der Waals surface area contributed by atoms with E-state index in [0.717, 1.165) is 5.69 Å². The highest BCUT2D eigenvalue weighted by Crippen LogP contribution is 2.30. The van der Waals surface area contributed by atoms with E-state index in [2.05, 4.69) is 34.4 Å². The van der Waals surface area contributed by atoms with Gasteiger partial charge in [0.05, 0.1) is 14.2 Å². The summed E-state index contributed by atoms with van der Waals surface area (Å²) in [4.78, 5) is 20.8. The lowest BCUT2D eigenvalue weighted by Gasteiger charge is -2.11. The van der Waals surface area contributed by atoms with E-state index >= 15 is 0 Å². The average Bonchev–Trinajstić information content (AvgIpc) is 2.74. The van der Waals surface area contributed by atoms with Crippen LogP contribution < -0.4 is 20.1 Å². The molecule has 0 atom stereocenters. The maximum absolute atomic E-state index is 12.6. The summed E-state index contributed by atoms with van der Waals surface area (Å²) in [6.45, 7) is 4.25. The van der Waals surface area contributed by atoms with Crippen molar-refractivity contribution in [2.24, 2.45) is 0 Å². The number of rotatable bonds is 7. The Morgan fingerprint density at radius 1 is 0.897 bits per heavy atom. The van der Waals surface area contributed by atoms with E-state index in [4.69, 9.17) is 9.47 Å². The van der Waals surface area contributed by atoms with Crippen molar-refractivity contribution < 1.29 is 14.3 Å². The number of aromatic nitrogens is 2. The van der Waals surface area contributed by atoms with E-state index in [1.54, 1.807) is 32.4 Å². The van der Waals surface area contributed by atoms with E-state index in [0.29, 0.717) is 28.9 Å². The van der Waals surface area contributed by atoms with Crippen molar-refractivity contribution in [2.45, 2.75) is 19.8 Å². The van der Waals surface area contributed by atoms with E-state index < -0.39 is 0 Å². The van der Waals surface area contributed by atoms with Crippen LogP contribution >= 0.6 is 0 Å². The predicted octanol–water partition coefficient (Wildman–Crippen LogP) is 4.61. The molecule has 2 N–H and O–H groups in total. The zero-order chi connectivity index (χ0) is 20.8. The van der Waals surface area contributed by atoms with Gasteiger partial charge in [-0.15, -0.1) is 0 Å². The van der Waals surface area contributed by atoms with Crippen molar-refractivity contribution in [1.82, 2.24) is 9.97 Å². The fourth-order valence-corrected chi connectivity index (χ4v) is 2.76. The van der Waals surface area contributed by atoms with Crippen molar-refractivity contribution in [3.63, 3.8) is 0 Å². The zero-order valence-corrected chi connectivity index (χ0v) is 16.9. The molecule has 0 radical (unpaired) electrons. The molecule has 29 heavy (non-hydrogen) atoms. The molecule has 1 amide bonds. The molecular formula is C22H24N4O3. The van der Waals surface area contributed by atoms with Crippen LogP contribution in [0.4, 0.5) is 17.2 Å². The van der Waals surface area contributed by atoms with Crippen molar-refractivity contribution in [3.8, 4) is 11.5 Å². The van der Waals surface area contributed by atoms with Gasteiger partial charge in [-0.25, -0.2) is 9.97 Å². The van der Waals surface area contributed by atoms with Gasteiger partial charge in [-0.1, -0.05) is 26.0 Å². The van der Waals surface area contributed by atoms with E-state index in [9.17, 15) is 4.79 Å². The number of nitrogens with zero attached hydrogens (tertiary/aromatic N) is 2. The first-order valence-electron chi connectivity index (χ1n) is 9.22. The number of carbonyl (C=O) groups is 1. The van der Waals surface area contributed by atoms with Gasteiger partial charge in [0, 0.05) is 23.5 Å². The SMILES string of the molecule is COc1ccc(Nc2cc(C(=O)Nc3ccc(C(C)C)cc3)ncn2)cc1OC. The summed E-state index contributed by atoms with van der Waals surface area (Å²) in [6.07, 6.45) is 1.35. The number of methoxy groups -OCH3 is 2. The molecule has 0 saturated heterocycles. The second-order valence-corrected chi connectivity index (χ2v) is 6.71. The van der Waals surface area contributed by atoms with Crippen LogP contribution in [0.2, 0.25) is 0 Å². The van der Waals surface area contributed by atoms with Crippen molar-refractivity contribution in [3.05, 3.63) is 66.1 Å². The van der Waals surface area contributed by atoms with Gasteiger partial charge < -0.3 is 20.1 Å². The summed E-state index contributed by atoms with van der Waals surface area (Å²) in [5, 5.41) is 6.00. The lowest BCUT2D eigenvalue weighted by molar-refractivity contribution is 0.102. The fraction of sp³-hybridized carbons (Fsp3) is 0.227. The van der Waals surface area contributed by atoms with Gasteiger partial charge in [0.15, 0.2) is 11.5 Å². The number of benzene rings is 2. The Balaban J connectivity index is 1.72. The zero-order valence-electron chi connectivity index (χ0n) is 16.9. The first-order valence-corrected chi connectivity index (χ1v) is 9.22. The molecule has 0 unspecified atom stereocenters. The minimum Gasteiger partial charge on any atom is -0.493 e. The Morgan fingerprint density at radius 2 is 1.59 bits per heavy atom. The molecule has 0 bridgehead atoms. The fourth-order valence-electron chi connectivity index (χ4n) is 2.76. The molecule has 7 heteroatoms.